The summed E-state index contributed by atoms with van der Waals surface area (Å²) in [6.45, 7) is 3.89. The maximum atomic E-state index is 5.39. The lowest BCUT2D eigenvalue weighted by Crippen LogP contribution is -2.07. The van der Waals surface area contributed by atoms with Crippen molar-refractivity contribution in [2.75, 3.05) is 14.2 Å². The van der Waals surface area contributed by atoms with E-state index in [1.54, 1.807) is 7.11 Å². The maximum absolute atomic E-state index is 5.39. The molecule has 1 aromatic carbocycles. The van der Waals surface area contributed by atoms with E-state index >= 15 is 0 Å². The molecule has 0 spiro atoms. The molecule has 0 aliphatic carbocycles. The van der Waals surface area contributed by atoms with Crippen LogP contribution in [-0.2, 0) is 13.1 Å². The van der Waals surface area contributed by atoms with Crippen molar-refractivity contribution in [1.82, 2.24) is 15.1 Å². The van der Waals surface area contributed by atoms with Gasteiger partial charge in [0.25, 0.3) is 0 Å². The predicted octanol–water partition coefficient (Wildman–Crippen LogP) is 2.69. The lowest BCUT2D eigenvalue weighted by Gasteiger charge is -2.11. The van der Waals surface area contributed by atoms with Crippen molar-refractivity contribution >= 4 is 0 Å². The minimum Gasteiger partial charge on any atom is -0.496 e. The van der Waals surface area contributed by atoms with Gasteiger partial charge in [-0.25, -0.2) is 0 Å². The van der Waals surface area contributed by atoms with Crippen LogP contribution in [-0.4, -0.2) is 23.9 Å². The molecule has 0 unspecified atom stereocenters. The number of nitrogens with zero attached hydrogens (tertiary/aromatic N) is 2. The van der Waals surface area contributed by atoms with Gasteiger partial charge in [0.05, 0.1) is 12.8 Å². The Morgan fingerprint density at radius 3 is 2.84 bits per heavy atom. The molecule has 0 fully saturated rings. The first-order valence-electron chi connectivity index (χ1n) is 6.63. The highest BCUT2D eigenvalue weighted by molar-refractivity contribution is 5.62. The summed E-state index contributed by atoms with van der Waals surface area (Å²) in [6.07, 6.45) is 2.93. The fraction of sp³-hybridized carbons (Fsp3) is 0.400. The van der Waals surface area contributed by atoms with E-state index in [4.69, 9.17) is 4.74 Å². The molecule has 102 valence electrons. The summed E-state index contributed by atoms with van der Waals surface area (Å²) >= 11 is 0. The Morgan fingerprint density at radius 2 is 2.16 bits per heavy atom. The molecule has 0 radical (unpaired) electrons. The van der Waals surface area contributed by atoms with Crippen molar-refractivity contribution in [2.24, 2.45) is 0 Å². The van der Waals surface area contributed by atoms with Crippen molar-refractivity contribution in [3.63, 3.8) is 0 Å². The smallest absolute Gasteiger partial charge is 0.123 e. The molecule has 2 rings (SSSR count). The molecule has 0 aliphatic rings. The molecule has 2 aromatic rings. The number of aryl methyl sites for hydroxylation is 1. The van der Waals surface area contributed by atoms with Crippen molar-refractivity contribution in [1.29, 1.82) is 0 Å². The third-order valence-corrected chi connectivity index (χ3v) is 3.10. The van der Waals surface area contributed by atoms with Crippen LogP contribution >= 0.6 is 0 Å². The van der Waals surface area contributed by atoms with E-state index in [0.717, 1.165) is 36.5 Å². The number of rotatable bonds is 6. The quantitative estimate of drug-likeness (QED) is 0.867. The maximum Gasteiger partial charge on any atom is 0.123 e. The number of methoxy groups -OCH3 is 1. The lowest BCUT2D eigenvalue weighted by atomic mass is 10.1. The van der Waals surface area contributed by atoms with Gasteiger partial charge in [0, 0.05) is 30.4 Å². The van der Waals surface area contributed by atoms with E-state index in [1.165, 1.54) is 5.56 Å². The Morgan fingerprint density at radius 1 is 1.32 bits per heavy atom. The van der Waals surface area contributed by atoms with Crippen LogP contribution in [0.25, 0.3) is 11.3 Å². The van der Waals surface area contributed by atoms with Crippen LogP contribution in [0.5, 0.6) is 5.75 Å². The summed E-state index contributed by atoms with van der Waals surface area (Å²) < 4.78 is 7.43. The molecule has 0 aliphatic heterocycles. The minimum atomic E-state index is 0.791. The molecule has 1 N–H and O–H groups in total. The lowest BCUT2D eigenvalue weighted by molar-refractivity contribution is 0.408. The molecule has 1 heterocycles. The monoisotopic (exact) mass is 259 g/mol. The molecule has 0 atom stereocenters. The van der Waals surface area contributed by atoms with Gasteiger partial charge in [0.2, 0.25) is 0 Å². The third kappa shape index (κ3) is 2.96. The third-order valence-electron chi connectivity index (χ3n) is 3.10. The van der Waals surface area contributed by atoms with Gasteiger partial charge < -0.3 is 10.1 Å². The number of ether oxygens (including phenoxy) is 1. The molecule has 19 heavy (non-hydrogen) atoms. The summed E-state index contributed by atoms with van der Waals surface area (Å²) in [5, 5.41) is 7.54. The van der Waals surface area contributed by atoms with Gasteiger partial charge in [-0.2, -0.15) is 5.10 Å². The van der Waals surface area contributed by atoms with Crippen LogP contribution in [0.15, 0.2) is 30.5 Å². The van der Waals surface area contributed by atoms with Gasteiger partial charge in [0.1, 0.15) is 5.75 Å². The fourth-order valence-corrected chi connectivity index (χ4v) is 2.23. The summed E-state index contributed by atoms with van der Waals surface area (Å²) in [5.41, 5.74) is 3.49. The fourth-order valence-electron chi connectivity index (χ4n) is 2.23. The Kier molecular flexibility index (Phi) is 4.58. The number of nitrogens with one attached hydrogen (secondary N) is 1. The molecular formula is C15H21N3O. The summed E-state index contributed by atoms with van der Waals surface area (Å²) in [6, 6.07) is 8.32. The second-order valence-corrected chi connectivity index (χ2v) is 4.50. The Bertz CT molecular complexity index is 534. The zero-order valence-electron chi connectivity index (χ0n) is 11.8. The van der Waals surface area contributed by atoms with Crippen molar-refractivity contribution in [2.45, 2.75) is 26.4 Å². The first kappa shape index (κ1) is 13.6. The molecule has 0 saturated heterocycles. The highest BCUT2D eigenvalue weighted by atomic mass is 16.5. The zero-order chi connectivity index (χ0) is 13.7. The second-order valence-electron chi connectivity index (χ2n) is 4.50. The van der Waals surface area contributed by atoms with E-state index in [1.807, 2.05) is 24.0 Å². The van der Waals surface area contributed by atoms with Crippen LogP contribution in [0.2, 0.25) is 0 Å². The van der Waals surface area contributed by atoms with Crippen LogP contribution in [0.4, 0.5) is 0 Å². The van der Waals surface area contributed by atoms with Gasteiger partial charge in [-0.15, -0.1) is 0 Å². The largest absolute Gasteiger partial charge is 0.496 e. The highest BCUT2D eigenvalue weighted by Crippen LogP contribution is 2.26. The van der Waals surface area contributed by atoms with Crippen LogP contribution in [0.1, 0.15) is 18.9 Å². The molecule has 4 heteroatoms. The van der Waals surface area contributed by atoms with E-state index in [9.17, 15) is 0 Å². The van der Waals surface area contributed by atoms with Gasteiger partial charge in [-0.1, -0.05) is 6.92 Å². The van der Waals surface area contributed by atoms with Gasteiger partial charge in [0.15, 0.2) is 0 Å². The Balaban J connectivity index is 2.39. The Labute approximate surface area is 114 Å². The predicted molar refractivity (Wildman–Crippen MR) is 77.3 cm³/mol. The highest BCUT2D eigenvalue weighted by Gasteiger charge is 2.08. The first-order valence-corrected chi connectivity index (χ1v) is 6.63. The summed E-state index contributed by atoms with van der Waals surface area (Å²) in [7, 11) is 3.64. The van der Waals surface area contributed by atoms with Crippen molar-refractivity contribution in [3.05, 3.63) is 36.0 Å². The Hall–Kier alpha value is -1.81. The molecule has 0 bridgehead atoms. The van der Waals surface area contributed by atoms with E-state index in [-0.39, 0.29) is 0 Å². The van der Waals surface area contributed by atoms with E-state index in [0.29, 0.717) is 0 Å². The molecule has 0 saturated carbocycles. The SMILES string of the molecule is CCCn1nccc1-c1ccc(OC)c(CNC)c1. The number of hydrogen-bond donors (Lipinski definition) is 1. The van der Waals surface area contributed by atoms with Crippen molar-refractivity contribution in [3.8, 4) is 17.0 Å². The molecular weight excluding hydrogens is 238 g/mol. The molecule has 4 nitrogen and oxygen atoms in total. The minimum absolute atomic E-state index is 0.791. The number of hydrogen-bond acceptors (Lipinski definition) is 3. The van der Waals surface area contributed by atoms with Crippen LogP contribution < -0.4 is 10.1 Å². The van der Waals surface area contributed by atoms with E-state index in [2.05, 4.69) is 35.5 Å². The molecule has 1 aromatic heterocycles. The van der Waals surface area contributed by atoms with Crippen LogP contribution in [0.3, 0.4) is 0 Å². The standard InChI is InChI=1S/C15H21N3O/c1-4-9-18-14(7-8-17-18)12-5-6-15(19-3)13(10-12)11-16-2/h5-8,10,16H,4,9,11H2,1-3H3. The van der Waals surface area contributed by atoms with Crippen LogP contribution in [0, 0.1) is 0 Å². The number of aromatic nitrogens is 2. The summed E-state index contributed by atoms with van der Waals surface area (Å²) in [5.74, 6) is 0.916. The number of benzene rings is 1. The van der Waals surface area contributed by atoms with E-state index < -0.39 is 0 Å². The molecule has 0 amide bonds. The summed E-state index contributed by atoms with van der Waals surface area (Å²) in [4.78, 5) is 0. The van der Waals surface area contributed by atoms with Gasteiger partial charge >= 0.3 is 0 Å². The normalized spacial score (nSPS) is 10.7. The average molecular weight is 259 g/mol. The average Bonchev–Trinajstić information content (AvgIpc) is 2.88. The zero-order valence-corrected chi connectivity index (χ0v) is 11.8. The first-order chi connectivity index (χ1) is 9.30. The second kappa shape index (κ2) is 6.38. The van der Waals surface area contributed by atoms with Gasteiger partial charge in [-0.3, -0.25) is 4.68 Å². The van der Waals surface area contributed by atoms with Gasteiger partial charge in [-0.05, 0) is 37.7 Å². The van der Waals surface area contributed by atoms with Crippen molar-refractivity contribution < 1.29 is 4.74 Å². The topological polar surface area (TPSA) is 39.1 Å².